The van der Waals surface area contributed by atoms with Crippen LogP contribution < -0.4 is 16.4 Å². The lowest BCUT2D eigenvalue weighted by molar-refractivity contribution is -0.146. The Bertz CT molecular complexity index is 412. The van der Waals surface area contributed by atoms with Gasteiger partial charge in [-0.15, -0.1) is 0 Å². The van der Waals surface area contributed by atoms with Gasteiger partial charge in [0.15, 0.2) is 0 Å². The van der Waals surface area contributed by atoms with Crippen molar-refractivity contribution in [3.8, 4) is 0 Å². The topological polar surface area (TPSA) is 122 Å². The first kappa shape index (κ1) is 16.3. The summed E-state index contributed by atoms with van der Waals surface area (Å²) in [5.41, 5.74) is 2.67. The zero-order valence-corrected chi connectivity index (χ0v) is 12.2. The molecule has 1 fully saturated rings. The average Bonchev–Trinajstić information content (AvgIpc) is 2.31. The van der Waals surface area contributed by atoms with Crippen molar-refractivity contribution in [3.63, 3.8) is 0 Å². The molecular formula is C13H23N3O4. The first-order valence-corrected chi connectivity index (χ1v) is 6.73. The molecule has 0 aromatic rings. The maximum Gasteiger partial charge on any atom is 0.329 e. The Labute approximate surface area is 118 Å². The monoisotopic (exact) mass is 285 g/mol. The second kappa shape index (κ2) is 5.68. The highest BCUT2D eigenvalue weighted by molar-refractivity contribution is 5.91. The molecular weight excluding hydrogens is 262 g/mol. The van der Waals surface area contributed by atoms with Crippen LogP contribution in [0.15, 0.2) is 0 Å². The molecule has 0 aromatic carbocycles. The van der Waals surface area contributed by atoms with E-state index in [1.807, 2.05) is 0 Å². The van der Waals surface area contributed by atoms with Crippen molar-refractivity contribution in [1.29, 1.82) is 0 Å². The summed E-state index contributed by atoms with van der Waals surface area (Å²) in [7, 11) is 0. The molecule has 0 saturated heterocycles. The van der Waals surface area contributed by atoms with Crippen molar-refractivity contribution >= 4 is 17.9 Å². The van der Waals surface area contributed by atoms with Gasteiger partial charge in [-0.2, -0.15) is 0 Å². The molecule has 0 bridgehead atoms. The highest BCUT2D eigenvalue weighted by Crippen LogP contribution is 2.32. The Hall–Kier alpha value is -1.79. The van der Waals surface area contributed by atoms with Gasteiger partial charge < -0.3 is 21.5 Å². The number of rotatable bonds is 4. The van der Waals surface area contributed by atoms with Crippen molar-refractivity contribution in [1.82, 2.24) is 10.6 Å². The quantitative estimate of drug-likeness (QED) is 0.603. The summed E-state index contributed by atoms with van der Waals surface area (Å²) >= 11 is 0. The van der Waals surface area contributed by atoms with Crippen LogP contribution in [-0.2, 0) is 9.59 Å². The van der Waals surface area contributed by atoms with Crippen LogP contribution in [0.4, 0.5) is 4.79 Å². The molecule has 1 rings (SSSR count). The van der Waals surface area contributed by atoms with Gasteiger partial charge in [0.05, 0.1) is 0 Å². The van der Waals surface area contributed by atoms with E-state index in [1.54, 1.807) is 0 Å². The number of urea groups is 1. The molecule has 5 N–H and O–H groups in total. The van der Waals surface area contributed by atoms with Gasteiger partial charge in [0.2, 0.25) is 5.91 Å². The molecule has 7 heteroatoms. The smallest absolute Gasteiger partial charge is 0.329 e. The molecule has 0 heterocycles. The predicted octanol–water partition coefficient (Wildman–Crippen LogP) is 0.583. The van der Waals surface area contributed by atoms with Crippen LogP contribution in [0.25, 0.3) is 0 Å². The number of hydrogen-bond donors (Lipinski definition) is 4. The van der Waals surface area contributed by atoms with Crippen LogP contribution in [-0.4, -0.2) is 34.1 Å². The number of carboxylic acid groups (broad SMARTS) is 1. The van der Waals surface area contributed by atoms with Crippen LogP contribution in [0.3, 0.4) is 0 Å². The lowest BCUT2D eigenvalue weighted by atomic mass is 9.77. The molecule has 0 aliphatic heterocycles. The van der Waals surface area contributed by atoms with Crippen molar-refractivity contribution in [2.45, 2.75) is 57.5 Å². The molecule has 0 spiro atoms. The van der Waals surface area contributed by atoms with E-state index in [0.717, 1.165) is 12.8 Å². The Morgan fingerprint density at radius 3 is 2.15 bits per heavy atom. The van der Waals surface area contributed by atoms with E-state index in [4.69, 9.17) is 5.73 Å². The number of carboxylic acids is 1. The van der Waals surface area contributed by atoms with Gasteiger partial charge in [-0.3, -0.25) is 4.79 Å². The van der Waals surface area contributed by atoms with Crippen molar-refractivity contribution in [2.75, 3.05) is 0 Å². The average molecular weight is 285 g/mol. The molecule has 20 heavy (non-hydrogen) atoms. The zero-order valence-electron chi connectivity index (χ0n) is 12.2. The fourth-order valence-corrected chi connectivity index (χ4v) is 2.24. The van der Waals surface area contributed by atoms with Gasteiger partial charge in [-0.1, -0.05) is 6.92 Å². The molecule has 114 valence electrons. The molecule has 7 nitrogen and oxygen atoms in total. The van der Waals surface area contributed by atoms with Crippen LogP contribution in [0.2, 0.25) is 0 Å². The Kier molecular flexibility index (Phi) is 4.62. The third-order valence-corrected chi connectivity index (χ3v) is 3.93. The van der Waals surface area contributed by atoms with Crippen LogP contribution >= 0.6 is 0 Å². The fourth-order valence-electron chi connectivity index (χ4n) is 2.24. The summed E-state index contributed by atoms with van der Waals surface area (Å²) in [6.07, 6.45) is 2.25. The van der Waals surface area contributed by atoms with Crippen LogP contribution in [0.5, 0.6) is 0 Å². The molecule has 0 atom stereocenters. The minimum Gasteiger partial charge on any atom is -0.480 e. The standard InChI is InChI=1S/C13H23N3O4/c1-8-4-6-13(7-5-8,10(18)19)16-11(20)15-12(2,3)9(14)17/h8H,4-7H2,1-3H3,(H2,14,17)(H,18,19)(H2,15,16,20). The predicted molar refractivity (Wildman–Crippen MR) is 72.9 cm³/mol. The van der Waals surface area contributed by atoms with Gasteiger partial charge in [0.1, 0.15) is 11.1 Å². The molecule has 3 amide bonds. The second-order valence-corrected chi connectivity index (χ2v) is 6.14. The lowest BCUT2D eigenvalue weighted by Gasteiger charge is -2.37. The number of amides is 3. The van der Waals surface area contributed by atoms with E-state index in [-0.39, 0.29) is 0 Å². The van der Waals surface area contributed by atoms with Crippen LogP contribution in [0.1, 0.15) is 46.5 Å². The Morgan fingerprint density at radius 2 is 1.75 bits per heavy atom. The molecule has 0 radical (unpaired) electrons. The van der Waals surface area contributed by atoms with E-state index >= 15 is 0 Å². The maximum atomic E-state index is 11.9. The number of primary amides is 1. The number of carbonyl (C=O) groups is 3. The van der Waals surface area contributed by atoms with Crippen molar-refractivity contribution in [2.24, 2.45) is 11.7 Å². The lowest BCUT2D eigenvalue weighted by Crippen LogP contribution is -2.63. The number of aliphatic carboxylic acids is 1. The number of nitrogens with two attached hydrogens (primary N) is 1. The minimum atomic E-state index is -1.26. The third kappa shape index (κ3) is 3.61. The van der Waals surface area contributed by atoms with Crippen LogP contribution in [0, 0.1) is 5.92 Å². The summed E-state index contributed by atoms with van der Waals surface area (Å²) in [4.78, 5) is 34.6. The van der Waals surface area contributed by atoms with Gasteiger partial charge in [-0.25, -0.2) is 9.59 Å². The molecule has 0 aromatic heterocycles. The van der Waals surface area contributed by atoms with Gasteiger partial charge >= 0.3 is 12.0 Å². The highest BCUT2D eigenvalue weighted by atomic mass is 16.4. The summed E-state index contributed by atoms with van der Waals surface area (Å²) in [5.74, 6) is -1.28. The maximum absolute atomic E-state index is 11.9. The first-order valence-electron chi connectivity index (χ1n) is 6.73. The number of nitrogens with one attached hydrogen (secondary N) is 2. The summed E-state index contributed by atoms with van der Waals surface area (Å²) < 4.78 is 0. The second-order valence-electron chi connectivity index (χ2n) is 6.14. The molecule has 1 saturated carbocycles. The highest BCUT2D eigenvalue weighted by Gasteiger charge is 2.43. The van der Waals surface area contributed by atoms with Gasteiger partial charge in [0, 0.05) is 0 Å². The van der Waals surface area contributed by atoms with Gasteiger partial charge in [-0.05, 0) is 45.4 Å². The zero-order chi connectivity index (χ0) is 15.6. The first-order chi connectivity index (χ1) is 9.09. The molecule has 1 aliphatic carbocycles. The fraction of sp³-hybridized carbons (Fsp3) is 0.769. The number of carbonyl (C=O) groups excluding carboxylic acids is 2. The summed E-state index contributed by atoms with van der Waals surface area (Å²) in [6, 6.07) is -0.689. The summed E-state index contributed by atoms with van der Waals surface area (Å²) in [6.45, 7) is 4.98. The third-order valence-electron chi connectivity index (χ3n) is 3.93. The summed E-state index contributed by atoms with van der Waals surface area (Å²) in [5, 5.41) is 14.3. The molecule has 0 unspecified atom stereocenters. The van der Waals surface area contributed by atoms with E-state index < -0.39 is 29.0 Å². The van der Waals surface area contributed by atoms with Gasteiger partial charge in [0.25, 0.3) is 0 Å². The van der Waals surface area contributed by atoms with E-state index in [0.29, 0.717) is 18.8 Å². The Balaban J connectivity index is 2.75. The normalized spacial score (nSPS) is 26.6. The van der Waals surface area contributed by atoms with Crippen molar-refractivity contribution < 1.29 is 19.5 Å². The largest absolute Gasteiger partial charge is 0.480 e. The molecule has 1 aliphatic rings. The van der Waals surface area contributed by atoms with E-state index in [1.165, 1.54) is 13.8 Å². The van der Waals surface area contributed by atoms with Crippen molar-refractivity contribution in [3.05, 3.63) is 0 Å². The minimum absolute atomic E-state index is 0.383. The Morgan fingerprint density at radius 1 is 1.25 bits per heavy atom. The number of hydrogen-bond acceptors (Lipinski definition) is 3. The SMILES string of the molecule is CC1CCC(NC(=O)NC(C)(C)C(N)=O)(C(=O)O)CC1. The van der Waals surface area contributed by atoms with E-state index in [2.05, 4.69) is 17.6 Å². The van der Waals surface area contributed by atoms with E-state index in [9.17, 15) is 19.5 Å².